The lowest BCUT2D eigenvalue weighted by atomic mass is 10.1. The van der Waals surface area contributed by atoms with Crippen molar-refractivity contribution in [2.45, 2.75) is 19.1 Å². The van der Waals surface area contributed by atoms with Crippen molar-refractivity contribution < 1.29 is 9.90 Å². The molecule has 2 aromatic rings. The van der Waals surface area contributed by atoms with E-state index in [0.717, 1.165) is 22.2 Å². The molecule has 0 fully saturated rings. The predicted octanol–water partition coefficient (Wildman–Crippen LogP) is 3.10. The number of thioether (sulfide) groups is 1. The van der Waals surface area contributed by atoms with Crippen molar-refractivity contribution in [1.29, 1.82) is 0 Å². The van der Waals surface area contributed by atoms with E-state index in [1.54, 1.807) is 18.0 Å². The molecule has 0 spiro atoms. The van der Waals surface area contributed by atoms with Crippen LogP contribution in [0.15, 0.2) is 30.5 Å². The molecule has 0 bridgehead atoms. The van der Waals surface area contributed by atoms with Crippen LogP contribution in [0.5, 0.6) is 0 Å². The quantitative estimate of drug-likeness (QED) is 0.798. The minimum absolute atomic E-state index is 0.0896. The van der Waals surface area contributed by atoms with Crippen molar-refractivity contribution in [3.8, 4) is 0 Å². The van der Waals surface area contributed by atoms with Crippen LogP contribution in [-0.4, -0.2) is 33.5 Å². The fraction of sp³-hybridized carbons (Fsp3) is 0.400. The molecule has 4 heteroatoms. The Bertz CT molecular complexity index is 564. The summed E-state index contributed by atoms with van der Waals surface area (Å²) >= 11 is 1.60. The van der Waals surface area contributed by atoms with Gasteiger partial charge in [-0.25, -0.2) is 0 Å². The number of Topliss-reactive ketones (excluding diaryl/α,β-unsaturated/α-hetero) is 1. The van der Waals surface area contributed by atoms with E-state index >= 15 is 0 Å². The zero-order valence-electron chi connectivity index (χ0n) is 11.2. The molecule has 1 aromatic carbocycles. The van der Waals surface area contributed by atoms with Crippen molar-refractivity contribution in [1.82, 2.24) is 4.98 Å². The summed E-state index contributed by atoms with van der Waals surface area (Å²) in [6.07, 6.45) is 1.79. The molecule has 0 aliphatic rings. The summed E-state index contributed by atoms with van der Waals surface area (Å²) < 4.78 is 0. The number of aromatic amines is 1. The molecule has 0 saturated heterocycles. The van der Waals surface area contributed by atoms with Crippen LogP contribution in [0.3, 0.4) is 0 Å². The Morgan fingerprint density at radius 3 is 2.84 bits per heavy atom. The molecule has 0 radical (unpaired) electrons. The number of para-hydroxylation sites is 1. The number of hydrogen-bond donors (Lipinski definition) is 2. The van der Waals surface area contributed by atoms with E-state index in [9.17, 15) is 4.79 Å². The van der Waals surface area contributed by atoms with E-state index in [2.05, 4.69) is 4.98 Å². The summed E-state index contributed by atoms with van der Waals surface area (Å²) in [6, 6.07) is 7.83. The smallest absolute Gasteiger partial charge is 0.177 e. The Hall–Kier alpha value is -1.26. The van der Waals surface area contributed by atoms with Crippen LogP contribution in [0.25, 0.3) is 10.9 Å². The fourth-order valence-electron chi connectivity index (χ4n) is 1.93. The fourth-order valence-corrected chi connectivity index (χ4v) is 2.93. The minimum atomic E-state index is -0.0896. The van der Waals surface area contributed by atoms with Crippen molar-refractivity contribution in [3.05, 3.63) is 36.0 Å². The summed E-state index contributed by atoms with van der Waals surface area (Å²) in [4.78, 5) is 15.5. The molecule has 102 valence electrons. The van der Waals surface area contributed by atoms with Crippen molar-refractivity contribution in [3.63, 3.8) is 0 Å². The number of nitrogens with one attached hydrogen (secondary N) is 1. The molecule has 0 amide bonds. The van der Waals surface area contributed by atoms with E-state index in [1.165, 1.54) is 0 Å². The minimum Gasteiger partial charge on any atom is -0.396 e. The van der Waals surface area contributed by atoms with Gasteiger partial charge in [0, 0.05) is 29.3 Å². The van der Waals surface area contributed by atoms with Gasteiger partial charge in [-0.15, -0.1) is 0 Å². The molecule has 1 heterocycles. The standard InChI is InChI=1S/C15H19NO2S/c1-10(8-17)9-19-11(2)15(18)13-7-16-14-6-4-3-5-12(13)14/h3-7,10-11,16-17H,8-9H2,1-2H3. The van der Waals surface area contributed by atoms with Gasteiger partial charge in [0.1, 0.15) is 0 Å². The normalized spacial score (nSPS) is 14.5. The first kappa shape index (κ1) is 14.2. The van der Waals surface area contributed by atoms with Gasteiger partial charge in [0.15, 0.2) is 5.78 Å². The highest BCUT2D eigenvalue weighted by Crippen LogP contribution is 2.24. The van der Waals surface area contributed by atoms with E-state index < -0.39 is 0 Å². The van der Waals surface area contributed by atoms with Gasteiger partial charge in [-0.2, -0.15) is 11.8 Å². The maximum atomic E-state index is 12.4. The number of rotatable bonds is 6. The van der Waals surface area contributed by atoms with Crippen molar-refractivity contribution in [2.24, 2.45) is 5.92 Å². The van der Waals surface area contributed by atoms with Crippen LogP contribution in [-0.2, 0) is 0 Å². The topological polar surface area (TPSA) is 53.1 Å². The van der Waals surface area contributed by atoms with E-state index in [1.807, 2.05) is 38.1 Å². The summed E-state index contributed by atoms with van der Waals surface area (Å²) in [5.74, 6) is 1.17. The number of fused-ring (bicyclic) bond motifs is 1. The van der Waals surface area contributed by atoms with Crippen LogP contribution in [0.1, 0.15) is 24.2 Å². The summed E-state index contributed by atoms with van der Waals surface area (Å²) in [5, 5.41) is 9.90. The molecule has 0 saturated carbocycles. The monoisotopic (exact) mass is 277 g/mol. The summed E-state index contributed by atoms with van der Waals surface area (Å²) in [5.41, 5.74) is 1.75. The van der Waals surface area contributed by atoms with Gasteiger partial charge < -0.3 is 10.1 Å². The Morgan fingerprint density at radius 2 is 2.11 bits per heavy atom. The van der Waals surface area contributed by atoms with Gasteiger partial charge in [-0.05, 0) is 24.7 Å². The average Bonchev–Trinajstić information content (AvgIpc) is 2.87. The van der Waals surface area contributed by atoms with E-state index in [4.69, 9.17) is 5.11 Å². The van der Waals surface area contributed by atoms with Gasteiger partial charge in [0.05, 0.1) is 5.25 Å². The van der Waals surface area contributed by atoms with Crippen LogP contribution in [0.4, 0.5) is 0 Å². The predicted molar refractivity (Wildman–Crippen MR) is 80.8 cm³/mol. The number of benzene rings is 1. The first-order valence-electron chi connectivity index (χ1n) is 6.46. The molecule has 2 atom stereocenters. The second-order valence-electron chi connectivity index (χ2n) is 4.88. The Labute approximate surface area is 117 Å². The molecule has 0 aliphatic carbocycles. The first-order valence-corrected chi connectivity index (χ1v) is 7.51. The Balaban J connectivity index is 2.11. The highest BCUT2D eigenvalue weighted by molar-refractivity contribution is 8.00. The number of aliphatic hydroxyl groups is 1. The largest absolute Gasteiger partial charge is 0.396 e. The van der Waals surface area contributed by atoms with E-state index in [0.29, 0.717) is 0 Å². The zero-order valence-corrected chi connectivity index (χ0v) is 12.0. The molecule has 19 heavy (non-hydrogen) atoms. The van der Waals surface area contributed by atoms with Crippen LogP contribution in [0.2, 0.25) is 0 Å². The zero-order chi connectivity index (χ0) is 13.8. The third-order valence-electron chi connectivity index (χ3n) is 3.17. The number of hydrogen-bond acceptors (Lipinski definition) is 3. The first-order chi connectivity index (χ1) is 9.13. The highest BCUT2D eigenvalue weighted by Gasteiger charge is 2.19. The van der Waals surface area contributed by atoms with Gasteiger partial charge in [-0.3, -0.25) is 4.79 Å². The van der Waals surface area contributed by atoms with Crippen molar-refractivity contribution in [2.75, 3.05) is 12.4 Å². The molecule has 3 nitrogen and oxygen atoms in total. The lowest BCUT2D eigenvalue weighted by Crippen LogP contribution is -2.16. The number of ketones is 1. The Kier molecular flexibility index (Phi) is 4.66. The molecule has 2 unspecified atom stereocenters. The molecule has 1 aromatic heterocycles. The number of aromatic nitrogens is 1. The average molecular weight is 277 g/mol. The number of H-pyrrole nitrogens is 1. The lowest BCUT2D eigenvalue weighted by molar-refractivity contribution is 0.0995. The number of aliphatic hydroxyl groups excluding tert-OH is 1. The number of carbonyl (C=O) groups excluding carboxylic acids is 1. The third kappa shape index (κ3) is 3.19. The molecular weight excluding hydrogens is 258 g/mol. The Morgan fingerprint density at radius 1 is 1.37 bits per heavy atom. The van der Waals surface area contributed by atoms with Crippen LogP contribution >= 0.6 is 11.8 Å². The van der Waals surface area contributed by atoms with Crippen LogP contribution < -0.4 is 0 Å². The SMILES string of the molecule is CC(CO)CSC(C)C(=O)c1c[nH]c2ccccc12. The molecule has 0 aliphatic heterocycles. The second kappa shape index (κ2) is 6.26. The molecule has 2 N–H and O–H groups in total. The van der Waals surface area contributed by atoms with E-state index in [-0.39, 0.29) is 23.6 Å². The van der Waals surface area contributed by atoms with Gasteiger partial charge in [0.25, 0.3) is 0 Å². The maximum Gasteiger partial charge on any atom is 0.177 e. The molecule has 2 rings (SSSR count). The summed E-state index contributed by atoms with van der Waals surface area (Å²) in [7, 11) is 0. The van der Waals surface area contributed by atoms with Crippen LogP contribution in [0, 0.1) is 5.92 Å². The highest BCUT2D eigenvalue weighted by atomic mass is 32.2. The van der Waals surface area contributed by atoms with Gasteiger partial charge in [0.2, 0.25) is 0 Å². The van der Waals surface area contributed by atoms with Gasteiger partial charge in [-0.1, -0.05) is 25.1 Å². The molecular formula is C15H19NO2S. The number of carbonyl (C=O) groups is 1. The third-order valence-corrected chi connectivity index (χ3v) is 4.64. The van der Waals surface area contributed by atoms with Crippen molar-refractivity contribution >= 4 is 28.4 Å². The van der Waals surface area contributed by atoms with Gasteiger partial charge >= 0.3 is 0 Å². The maximum absolute atomic E-state index is 12.4. The summed E-state index contributed by atoms with van der Waals surface area (Å²) in [6.45, 7) is 4.08. The lowest BCUT2D eigenvalue weighted by Gasteiger charge is -2.12. The second-order valence-corrected chi connectivity index (χ2v) is 6.25.